The Morgan fingerprint density at radius 3 is 3.00 bits per heavy atom. The number of rotatable bonds is 1. The smallest absolute Gasteiger partial charge is 0.339 e. The first-order valence-corrected chi connectivity index (χ1v) is 3.92. The molecule has 5 nitrogen and oxygen atoms in total. The lowest BCUT2D eigenvalue weighted by molar-refractivity contribution is 0.0698. The van der Waals surface area contributed by atoms with Gasteiger partial charge in [-0.2, -0.15) is 0 Å². The average Bonchev–Trinajstić information content (AvgIpc) is 2.16. The standard InChI is InChI=1S/C9H7N3O2/c10-8-6(9(13)14)3-5-4-11-2-1-7(5)12-8/h1-4H,(H2,10,12)(H,13,14). The van der Waals surface area contributed by atoms with Gasteiger partial charge in [0.15, 0.2) is 0 Å². The van der Waals surface area contributed by atoms with E-state index in [4.69, 9.17) is 10.8 Å². The molecule has 3 N–H and O–H groups in total. The molecule has 0 aliphatic heterocycles. The molecule has 0 unspecified atom stereocenters. The first kappa shape index (κ1) is 8.43. The Hall–Kier alpha value is -2.17. The molecular weight excluding hydrogens is 182 g/mol. The van der Waals surface area contributed by atoms with E-state index < -0.39 is 5.97 Å². The number of hydrogen-bond donors (Lipinski definition) is 2. The number of aromatic carboxylic acids is 1. The van der Waals surface area contributed by atoms with Crippen molar-refractivity contribution in [3.8, 4) is 0 Å². The SMILES string of the molecule is Nc1nc2ccncc2cc1C(=O)O. The van der Waals surface area contributed by atoms with Crippen molar-refractivity contribution < 1.29 is 9.90 Å². The minimum atomic E-state index is -1.08. The highest BCUT2D eigenvalue weighted by Gasteiger charge is 2.10. The summed E-state index contributed by atoms with van der Waals surface area (Å²) in [6.45, 7) is 0. The van der Waals surface area contributed by atoms with Gasteiger partial charge in [-0.1, -0.05) is 0 Å². The molecule has 0 spiro atoms. The van der Waals surface area contributed by atoms with Crippen LogP contribution in [0.25, 0.3) is 10.9 Å². The highest BCUT2D eigenvalue weighted by Crippen LogP contribution is 2.16. The van der Waals surface area contributed by atoms with Crippen molar-refractivity contribution in [2.75, 3.05) is 5.73 Å². The summed E-state index contributed by atoms with van der Waals surface area (Å²) in [4.78, 5) is 18.5. The number of carbonyl (C=O) groups is 1. The first-order valence-electron chi connectivity index (χ1n) is 3.92. The normalized spacial score (nSPS) is 10.3. The minimum absolute atomic E-state index is 0.00509. The third-order valence-corrected chi connectivity index (χ3v) is 1.87. The molecule has 70 valence electrons. The molecule has 0 fully saturated rings. The van der Waals surface area contributed by atoms with Crippen molar-refractivity contribution in [3.63, 3.8) is 0 Å². The number of hydrogen-bond acceptors (Lipinski definition) is 4. The Balaban J connectivity index is 2.77. The van der Waals surface area contributed by atoms with Gasteiger partial charge in [0, 0.05) is 17.8 Å². The van der Waals surface area contributed by atoms with E-state index >= 15 is 0 Å². The average molecular weight is 189 g/mol. The first-order chi connectivity index (χ1) is 6.68. The molecule has 2 heterocycles. The Morgan fingerprint density at radius 2 is 2.29 bits per heavy atom. The van der Waals surface area contributed by atoms with Crippen molar-refractivity contribution in [3.05, 3.63) is 30.1 Å². The predicted molar refractivity (Wildman–Crippen MR) is 50.9 cm³/mol. The monoisotopic (exact) mass is 189 g/mol. The molecule has 0 saturated carbocycles. The van der Waals surface area contributed by atoms with Crippen LogP contribution in [0.15, 0.2) is 24.5 Å². The fraction of sp³-hybridized carbons (Fsp3) is 0. The van der Waals surface area contributed by atoms with Gasteiger partial charge in [-0.15, -0.1) is 0 Å². The lowest BCUT2D eigenvalue weighted by atomic mass is 10.2. The maximum atomic E-state index is 10.7. The van der Waals surface area contributed by atoms with E-state index in [0.29, 0.717) is 10.9 Å². The highest BCUT2D eigenvalue weighted by molar-refractivity contribution is 5.97. The van der Waals surface area contributed by atoms with E-state index in [-0.39, 0.29) is 11.4 Å². The Labute approximate surface area is 79.2 Å². The van der Waals surface area contributed by atoms with Crippen LogP contribution in [-0.4, -0.2) is 21.0 Å². The molecule has 14 heavy (non-hydrogen) atoms. The minimum Gasteiger partial charge on any atom is -0.478 e. The van der Waals surface area contributed by atoms with E-state index in [1.54, 1.807) is 18.5 Å². The van der Waals surface area contributed by atoms with Crippen molar-refractivity contribution in [1.29, 1.82) is 0 Å². The lowest BCUT2D eigenvalue weighted by Gasteiger charge is -2.01. The second kappa shape index (κ2) is 2.95. The number of fused-ring (bicyclic) bond motifs is 1. The molecular formula is C9H7N3O2. The van der Waals surface area contributed by atoms with Crippen LogP contribution >= 0.6 is 0 Å². The Morgan fingerprint density at radius 1 is 1.50 bits per heavy atom. The molecule has 0 radical (unpaired) electrons. The van der Waals surface area contributed by atoms with Crippen LogP contribution in [0, 0.1) is 0 Å². The molecule has 0 amide bonds. The van der Waals surface area contributed by atoms with Crippen LogP contribution in [0.4, 0.5) is 5.82 Å². The molecule has 0 atom stereocenters. The van der Waals surface area contributed by atoms with Crippen molar-refractivity contribution in [2.24, 2.45) is 0 Å². The van der Waals surface area contributed by atoms with Crippen LogP contribution in [0.5, 0.6) is 0 Å². The van der Waals surface area contributed by atoms with E-state index in [1.165, 1.54) is 6.07 Å². The Kier molecular flexibility index (Phi) is 1.78. The molecule has 0 aliphatic rings. The van der Waals surface area contributed by atoms with Crippen molar-refractivity contribution >= 4 is 22.7 Å². The van der Waals surface area contributed by atoms with Gasteiger partial charge < -0.3 is 10.8 Å². The summed E-state index contributed by atoms with van der Waals surface area (Å²) in [5, 5.41) is 9.45. The summed E-state index contributed by atoms with van der Waals surface area (Å²) in [5.41, 5.74) is 6.12. The van der Waals surface area contributed by atoms with Gasteiger partial charge in [0.05, 0.1) is 5.52 Å². The third kappa shape index (κ3) is 1.24. The van der Waals surface area contributed by atoms with E-state index in [9.17, 15) is 4.79 Å². The zero-order chi connectivity index (χ0) is 10.1. The van der Waals surface area contributed by atoms with Gasteiger partial charge in [-0.05, 0) is 12.1 Å². The second-order valence-corrected chi connectivity index (χ2v) is 2.79. The molecule has 0 aromatic carbocycles. The maximum Gasteiger partial charge on any atom is 0.339 e. The predicted octanol–water partition coefficient (Wildman–Crippen LogP) is 0.910. The number of pyridine rings is 2. The number of carboxylic acid groups (broad SMARTS) is 1. The quantitative estimate of drug-likeness (QED) is 0.695. The molecule has 0 aliphatic carbocycles. The van der Waals surface area contributed by atoms with Gasteiger partial charge in [0.1, 0.15) is 11.4 Å². The van der Waals surface area contributed by atoms with Crippen molar-refractivity contribution in [2.45, 2.75) is 0 Å². The molecule has 5 heteroatoms. The largest absolute Gasteiger partial charge is 0.478 e. The third-order valence-electron chi connectivity index (χ3n) is 1.87. The number of anilines is 1. The molecule has 2 aromatic heterocycles. The lowest BCUT2D eigenvalue weighted by Crippen LogP contribution is -2.04. The molecule has 2 rings (SSSR count). The summed E-state index contributed by atoms with van der Waals surface area (Å²) in [6, 6.07) is 3.14. The second-order valence-electron chi connectivity index (χ2n) is 2.79. The summed E-state index contributed by atoms with van der Waals surface area (Å²) in [6.07, 6.45) is 3.13. The summed E-state index contributed by atoms with van der Waals surface area (Å²) in [5.74, 6) is -1.06. The van der Waals surface area contributed by atoms with Crippen LogP contribution in [-0.2, 0) is 0 Å². The topological polar surface area (TPSA) is 89.1 Å². The zero-order valence-electron chi connectivity index (χ0n) is 7.14. The molecule has 2 aromatic rings. The summed E-state index contributed by atoms with van der Waals surface area (Å²) in [7, 11) is 0. The highest BCUT2D eigenvalue weighted by atomic mass is 16.4. The summed E-state index contributed by atoms with van der Waals surface area (Å²) < 4.78 is 0. The van der Waals surface area contributed by atoms with Gasteiger partial charge >= 0.3 is 5.97 Å². The van der Waals surface area contributed by atoms with Crippen LogP contribution in [0.3, 0.4) is 0 Å². The maximum absolute atomic E-state index is 10.7. The number of nitrogens with two attached hydrogens (primary N) is 1. The van der Waals surface area contributed by atoms with Crippen LogP contribution in [0.1, 0.15) is 10.4 Å². The fourth-order valence-corrected chi connectivity index (χ4v) is 1.20. The van der Waals surface area contributed by atoms with Crippen LogP contribution in [0.2, 0.25) is 0 Å². The fourth-order valence-electron chi connectivity index (χ4n) is 1.20. The Bertz CT molecular complexity index is 510. The van der Waals surface area contributed by atoms with Crippen LogP contribution < -0.4 is 5.73 Å². The van der Waals surface area contributed by atoms with Gasteiger partial charge in [0.2, 0.25) is 0 Å². The van der Waals surface area contributed by atoms with Gasteiger partial charge in [0.25, 0.3) is 0 Å². The number of nitrogen functional groups attached to an aromatic ring is 1. The van der Waals surface area contributed by atoms with E-state index in [1.807, 2.05) is 0 Å². The number of aromatic nitrogens is 2. The number of nitrogens with zero attached hydrogens (tertiary/aromatic N) is 2. The van der Waals surface area contributed by atoms with Gasteiger partial charge in [-0.3, -0.25) is 4.98 Å². The molecule has 0 saturated heterocycles. The van der Waals surface area contributed by atoms with E-state index in [2.05, 4.69) is 9.97 Å². The summed E-state index contributed by atoms with van der Waals surface area (Å²) >= 11 is 0. The molecule has 0 bridgehead atoms. The van der Waals surface area contributed by atoms with E-state index in [0.717, 1.165) is 0 Å². The zero-order valence-corrected chi connectivity index (χ0v) is 7.14. The van der Waals surface area contributed by atoms with Crippen molar-refractivity contribution in [1.82, 2.24) is 9.97 Å². The van der Waals surface area contributed by atoms with Gasteiger partial charge in [-0.25, -0.2) is 9.78 Å². The number of carboxylic acids is 1.